The summed E-state index contributed by atoms with van der Waals surface area (Å²) in [5.41, 5.74) is 2.01. The Hall–Kier alpha value is -3.58. The van der Waals surface area contributed by atoms with E-state index in [1.165, 1.54) is 12.1 Å². The number of para-hydroxylation sites is 1. The average molecular weight is 420 g/mol. The van der Waals surface area contributed by atoms with E-state index in [4.69, 9.17) is 9.15 Å². The molecule has 7 heteroatoms. The minimum atomic E-state index is -3.85. The molecule has 1 heterocycles. The molecule has 0 atom stereocenters. The van der Waals surface area contributed by atoms with Crippen molar-refractivity contribution in [2.75, 3.05) is 11.8 Å². The van der Waals surface area contributed by atoms with Gasteiger partial charge >= 0.3 is 0 Å². The van der Waals surface area contributed by atoms with Crippen molar-refractivity contribution in [3.05, 3.63) is 96.4 Å². The molecule has 0 saturated carbocycles. The van der Waals surface area contributed by atoms with Crippen LogP contribution in [-0.2, 0) is 16.4 Å². The van der Waals surface area contributed by atoms with Crippen LogP contribution in [0.3, 0.4) is 0 Å². The Kier molecular flexibility index (Phi) is 5.54. The lowest BCUT2D eigenvalue weighted by atomic mass is 10.1. The number of ether oxygens (including phenoxy) is 1. The largest absolute Gasteiger partial charge is 0.496 e. The molecule has 0 amide bonds. The molecule has 1 N–H and O–H groups in total. The highest BCUT2D eigenvalue weighted by molar-refractivity contribution is 7.92. The molecule has 3 aromatic carbocycles. The monoisotopic (exact) mass is 420 g/mol. The minimum absolute atomic E-state index is 0.0503. The average Bonchev–Trinajstić information content (AvgIpc) is 3.16. The summed E-state index contributed by atoms with van der Waals surface area (Å²) in [7, 11) is -2.29. The molecule has 30 heavy (non-hydrogen) atoms. The molecular formula is C23H20N2O4S. The van der Waals surface area contributed by atoms with Gasteiger partial charge in [0.05, 0.1) is 12.0 Å². The Labute approximate surface area is 175 Å². The fraction of sp³-hybridized carbons (Fsp3) is 0.0870. The van der Waals surface area contributed by atoms with Gasteiger partial charge in [0.15, 0.2) is 0 Å². The van der Waals surface area contributed by atoms with Crippen LogP contribution in [0.4, 0.5) is 5.88 Å². The number of methoxy groups -OCH3 is 1. The van der Waals surface area contributed by atoms with Crippen LogP contribution in [0.25, 0.3) is 11.3 Å². The Morgan fingerprint density at radius 2 is 1.53 bits per heavy atom. The predicted molar refractivity (Wildman–Crippen MR) is 115 cm³/mol. The first-order chi connectivity index (χ1) is 14.6. The quantitative estimate of drug-likeness (QED) is 0.467. The van der Waals surface area contributed by atoms with Crippen molar-refractivity contribution >= 4 is 15.9 Å². The van der Waals surface area contributed by atoms with E-state index < -0.39 is 10.0 Å². The van der Waals surface area contributed by atoms with E-state index >= 15 is 0 Å². The zero-order valence-corrected chi connectivity index (χ0v) is 17.1. The molecule has 4 rings (SSSR count). The van der Waals surface area contributed by atoms with Crippen LogP contribution in [0.1, 0.15) is 11.5 Å². The number of aromatic nitrogens is 1. The van der Waals surface area contributed by atoms with E-state index in [9.17, 15) is 8.42 Å². The second kappa shape index (κ2) is 8.42. The van der Waals surface area contributed by atoms with Gasteiger partial charge in [-0.2, -0.15) is 0 Å². The Balaban J connectivity index is 1.77. The second-order valence-corrected chi connectivity index (χ2v) is 8.25. The summed E-state index contributed by atoms with van der Waals surface area (Å²) in [6.45, 7) is 0. The summed E-state index contributed by atoms with van der Waals surface area (Å²) in [5, 5.41) is 0. The molecule has 0 aliphatic heterocycles. The summed E-state index contributed by atoms with van der Waals surface area (Å²) >= 11 is 0. The van der Waals surface area contributed by atoms with E-state index in [1.807, 2.05) is 48.5 Å². The van der Waals surface area contributed by atoms with Gasteiger partial charge in [0, 0.05) is 12.0 Å². The van der Waals surface area contributed by atoms with E-state index in [0.29, 0.717) is 29.3 Å². The first kappa shape index (κ1) is 19.7. The molecule has 0 aliphatic carbocycles. The van der Waals surface area contributed by atoms with Crippen molar-refractivity contribution in [2.24, 2.45) is 0 Å². The first-order valence-corrected chi connectivity index (χ1v) is 10.8. The lowest BCUT2D eigenvalue weighted by Crippen LogP contribution is -2.13. The number of hydrogen-bond donors (Lipinski definition) is 1. The van der Waals surface area contributed by atoms with Crippen LogP contribution >= 0.6 is 0 Å². The third kappa shape index (κ3) is 4.21. The maximum absolute atomic E-state index is 12.9. The van der Waals surface area contributed by atoms with E-state index in [0.717, 1.165) is 5.56 Å². The van der Waals surface area contributed by atoms with Gasteiger partial charge in [0.1, 0.15) is 11.4 Å². The van der Waals surface area contributed by atoms with Crippen molar-refractivity contribution in [1.29, 1.82) is 0 Å². The van der Waals surface area contributed by atoms with E-state index in [1.54, 1.807) is 31.4 Å². The van der Waals surface area contributed by atoms with Crippen LogP contribution in [-0.4, -0.2) is 20.5 Å². The molecule has 0 fully saturated rings. The summed E-state index contributed by atoms with van der Waals surface area (Å²) in [6.07, 6.45) is 0.427. The molecule has 0 saturated heterocycles. The summed E-state index contributed by atoms with van der Waals surface area (Å²) in [6, 6.07) is 25.1. The molecule has 0 bridgehead atoms. The zero-order valence-electron chi connectivity index (χ0n) is 16.3. The maximum Gasteiger partial charge on any atom is 0.264 e. The highest BCUT2D eigenvalue weighted by atomic mass is 32.2. The lowest BCUT2D eigenvalue weighted by Gasteiger charge is -2.09. The summed E-state index contributed by atoms with van der Waals surface area (Å²) in [5.74, 6) is 1.01. The van der Waals surface area contributed by atoms with E-state index in [-0.39, 0.29) is 10.8 Å². The van der Waals surface area contributed by atoms with Crippen LogP contribution in [0.2, 0.25) is 0 Å². The van der Waals surface area contributed by atoms with Gasteiger partial charge in [-0.25, -0.2) is 18.1 Å². The standard InChI is InChI=1S/C23H20N2O4S/c1-28-20-15-9-8-14-19(20)22-23(25-30(26,27)18-12-6-3-7-13-18)29-21(24-22)16-17-10-4-2-5-11-17/h2-15,25H,16H2,1H3. The van der Waals surface area contributed by atoms with Crippen LogP contribution in [0, 0.1) is 0 Å². The highest BCUT2D eigenvalue weighted by Crippen LogP contribution is 2.36. The number of nitrogens with zero attached hydrogens (tertiary/aromatic N) is 1. The van der Waals surface area contributed by atoms with Gasteiger partial charge in [-0.1, -0.05) is 60.7 Å². The summed E-state index contributed by atoms with van der Waals surface area (Å²) < 4.78 is 39.6. The third-order valence-electron chi connectivity index (χ3n) is 4.51. The number of rotatable bonds is 7. The molecule has 152 valence electrons. The highest BCUT2D eigenvalue weighted by Gasteiger charge is 2.23. The van der Waals surface area contributed by atoms with Crippen LogP contribution < -0.4 is 9.46 Å². The van der Waals surface area contributed by atoms with Crippen molar-refractivity contribution in [3.63, 3.8) is 0 Å². The van der Waals surface area contributed by atoms with Crippen LogP contribution in [0.15, 0.2) is 94.2 Å². The third-order valence-corrected chi connectivity index (χ3v) is 5.86. The van der Waals surface area contributed by atoms with E-state index in [2.05, 4.69) is 9.71 Å². The van der Waals surface area contributed by atoms with Gasteiger partial charge in [-0.3, -0.25) is 0 Å². The number of hydrogen-bond acceptors (Lipinski definition) is 5. The molecule has 0 spiro atoms. The van der Waals surface area contributed by atoms with Crippen molar-refractivity contribution in [1.82, 2.24) is 4.98 Å². The predicted octanol–water partition coefficient (Wildman–Crippen LogP) is 4.74. The molecule has 0 radical (unpaired) electrons. The molecule has 6 nitrogen and oxygen atoms in total. The number of nitrogens with one attached hydrogen (secondary N) is 1. The first-order valence-electron chi connectivity index (χ1n) is 9.32. The van der Waals surface area contributed by atoms with Gasteiger partial charge in [0.25, 0.3) is 10.0 Å². The molecule has 0 aliphatic rings. The van der Waals surface area contributed by atoms with Gasteiger partial charge in [-0.15, -0.1) is 0 Å². The van der Waals surface area contributed by atoms with Gasteiger partial charge in [-0.05, 0) is 29.8 Å². The van der Waals surface area contributed by atoms with Crippen molar-refractivity contribution < 1.29 is 17.6 Å². The number of benzene rings is 3. The van der Waals surface area contributed by atoms with Gasteiger partial charge < -0.3 is 9.15 Å². The lowest BCUT2D eigenvalue weighted by molar-refractivity contribution is 0.416. The molecular weight excluding hydrogens is 400 g/mol. The number of sulfonamides is 1. The fourth-order valence-electron chi connectivity index (χ4n) is 3.08. The number of anilines is 1. The Bertz CT molecular complexity index is 1240. The Morgan fingerprint density at radius 3 is 2.23 bits per heavy atom. The minimum Gasteiger partial charge on any atom is -0.496 e. The van der Waals surface area contributed by atoms with Crippen LogP contribution in [0.5, 0.6) is 5.75 Å². The normalized spacial score (nSPS) is 11.2. The van der Waals surface area contributed by atoms with Gasteiger partial charge in [0.2, 0.25) is 11.8 Å². The fourth-order valence-corrected chi connectivity index (χ4v) is 4.10. The maximum atomic E-state index is 12.9. The number of oxazole rings is 1. The van der Waals surface area contributed by atoms with Crippen molar-refractivity contribution in [3.8, 4) is 17.0 Å². The zero-order chi connectivity index (χ0) is 21.0. The SMILES string of the molecule is COc1ccccc1-c1nc(Cc2ccccc2)oc1NS(=O)(=O)c1ccccc1. The van der Waals surface area contributed by atoms with Crippen molar-refractivity contribution in [2.45, 2.75) is 11.3 Å². The second-order valence-electron chi connectivity index (χ2n) is 6.57. The molecule has 0 unspecified atom stereocenters. The summed E-state index contributed by atoms with van der Waals surface area (Å²) in [4.78, 5) is 4.72. The molecule has 4 aromatic rings. The smallest absolute Gasteiger partial charge is 0.264 e. The topological polar surface area (TPSA) is 81.4 Å². The Morgan fingerprint density at radius 1 is 0.900 bits per heavy atom. The molecule has 1 aromatic heterocycles.